The summed E-state index contributed by atoms with van der Waals surface area (Å²) < 4.78 is 58.4. The standard InChI is InChI=1S/C8H18F4O2Te/c1-3-5-7-13-15(9,10,11,12)14-8-6-4-2/h3-8H2,1-2H3. The second-order valence-electron chi connectivity index (χ2n) is 3.27. The summed E-state index contributed by atoms with van der Waals surface area (Å²) in [4.78, 5) is 0. The molecule has 0 radical (unpaired) electrons. The molecule has 0 saturated carbocycles. The van der Waals surface area contributed by atoms with Crippen molar-refractivity contribution in [3.05, 3.63) is 0 Å². The molecule has 0 saturated heterocycles. The Morgan fingerprint density at radius 3 is 1.40 bits per heavy atom. The minimum absolute atomic E-state index is 0.169. The third-order valence-corrected chi connectivity index (χ3v) is 5.15. The van der Waals surface area contributed by atoms with Crippen LogP contribution in [0.5, 0.6) is 0 Å². The quantitative estimate of drug-likeness (QED) is 0.376. The maximum absolute atomic E-state index is 12.9. The van der Waals surface area contributed by atoms with Gasteiger partial charge >= 0.3 is 89.0 Å². The molecule has 0 atom stereocenters. The molecule has 2 nitrogen and oxygen atoms in total. The SMILES string of the molecule is CCCCO[Te](F)(F)(F)(F)OCCCC. The Hall–Kier alpha value is 0.430. The summed E-state index contributed by atoms with van der Waals surface area (Å²) in [5, 5.41) is 0. The van der Waals surface area contributed by atoms with Gasteiger partial charge in [-0.25, -0.2) is 0 Å². The van der Waals surface area contributed by atoms with Gasteiger partial charge in [0.15, 0.2) is 0 Å². The molecule has 0 fully saturated rings. The molecular weight excluding hydrogens is 332 g/mol. The van der Waals surface area contributed by atoms with Crippen LogP contribution in [0.2, 0.25) is 0 Å². The van der Waals surface area contributed by atoms with Gasteiger partial charge in [-0.05, 0) is 0 Å². The van der Waals surface area contributed by atoms with Crippen LogP contribution in [0.4, 0.5) is 11.6 Å². The number of hydrogen-bond acceptors (Lipinski definition) is 2. The molecule has 0 heterocycles. The minimum atomic E-state index is -9.53. The zero-order valence-electron chi connectivity index (χ0n) is 8.98. The van der Waals surface area contributed by atoms with Crippen LogP contribution in [-0.4, -0.2) is 31.7 Å². The van der Waals surface area contributed by atoms with E-state index in [9.17, 15) is 11.6 Å². The van der Waals surface area contributed by atoms with Gasteiger partial charge in [0.2, 0.25) is 0 Å². The van der Waals surface area contributed by atoms with Gasteiger partial charge in [-0.1, -0.05) is 0 Å². The van der Waals surface area contributed by atoms with Gasteiger partial charge < -0.3 is 0 Å². The first-order valence-corrected chi connectivity index (χ1v) is 10.4. The van der Waals surface area contributed by atoms with Crippen molar-refractivity contribution in [1.82, 2.24) is 0 Å². The fourth-order valence-corrected chi connectivity index (χ4v) is 3.45. The first kappa shape index (κ1) is 15.4. The average Bonchev–Trinajstić information content (AvgIpc) is 2.02. The average molecular weight is 350 g/mol. The van der Waals surface area contributed by atoms with E-state index in [4.69, 9.17) is 0 Å². The molecule has 0 aliphatic heterocycles. The monoisotopic (exact) mass is 352 g/mol. The van der Waals surface area contributed by atoms with Crippen molar-refractivity contribution in [3.8, 4) is 0 Å². The fourth-order valence-electron chi connectivity index (χ4n) is 0.761. The number of halogens is 4. The summed E-state index contributed by atoms with van der Waals surface area (Å²) in [6.45, 7) is 2.08. The topological polar surface area (TPSA) is 18.5 Å². The fraction of sp³-hybridized carbons (Fsp3) is 1.00. The Bertz CT molecular complexity index is 185. The van der Waals surface area contributed by atoms with Crippen molar-refractivity contribution >= 4 is 18.5 Å². The number of rotatable bonds is 8. The molecule has 0 aliphatic carbocycles. The summed E-state index contributed by atoms with van der Waals surface area (Å²) in [7, 11) is 0. The molecular formula is C8H18F4O2Te. The van der Waals surface area contributed by atoms with Crippen LogP contribution >= 0.6 is 0 Å². The molecule has 7 heteroatoms. The normalized spacial score (nSPS) is 17.2. The van der Waals surface area contributed by atoms with Crippen molar-refractivity contribution in [2.45, 2.75) is 39.5 Å². The van der Waals surface area contributed by atoms with E-state index in [2.05, 4.69) is 6.20 Å². The van der Waals surface area contributed by atoms with Crippen molar-refractivity contribution < 1.29 is 17.8 Å². The number of unbranched alkanes of at least 4 members (excludes halogenated alkanes) is 2. The van der Waals surface area contributed by atoms with Gasteiger partial charge in [-0.3, -0.25) is 0 Å². The van der Waals surface area contributed by atoms with E-state index in [1.54, 1.807) is 13.8 Å². The van der Waals surface area contributed by atoms with E-state index < -0.39 is 31.7 Å². The van der Waals surface area contributed by atoms with E-state index in [1.165, 1.54) is 0 Å². The van der Waals surface area contributed by atoms with E-state index >= 15 is 0 Å². The van der Waals surface area contributed by atoms with Crippen molar-refractivity contribution in [1.29, 1.82) is 0 Å². The van der Waals surface area contributed by atoms with Crippen molar-refractivity contribution in [3.63, 3.8) is 0 Å². The summed E-state index contributed by atoms with van der Waals surface area (Å²) in [5.74, 6) is 0. The second kappa shape index (κ2) is 4.74. The van der Waals surface area contributed by atoms with E-state index in [0.717, 1.165) is 0 Å². The van der Waals surface area contributed by atoms with Crippen LogP contribution in [0.1, 0.15) is 39.5 Å². The Labute approximate surface area is 89.3 Å². The molecule has 0 aromatic carbocycles. The third kappa shape index (κ3) is 8.26. The molecule has 15 heavy (non-hydrogen) atoms. The van der Waals surface area contributed by atoms with Gasteiger partial charge in [0.1, 0.15) is 0 Å². The number of hydrogen-bond donors (Lipinski definition) is 0. The Morgan fingerprint density at radius 2 is 1.13 bits per heavy atom. The molecule has 0 spiro atoms. The summed E-state index contributed by atoms with van der Waals surface area (Å²) in [6.07, 6.45) is 1.37. The maximum atomic E-state index is 12.9. The van der Waals surface area contributed by atoms with Gasteiger partial charge in [-0.15, -0.1) is 0 Å². The van der Waals surface area contributed by atoms with Crippen LogP contribution in [0, 0.1) is 0 Å². The molecule has 0 unspecified atom stereocenters. The summed E-state index contributed by atoms with van der Waals surface area (Å²) in [5.41, 5.74) is 0. The predicted molar refractivity (Wildman–Crippen MR) is 51.9 cm³/mol. The molecule has 0 bridgehead atoms. The van der Waals surface area contributed by atoms with Gasteiger partial charge in [0.25, 0.3) is 0 Å². The van der Waals surface area contributed by atoms with Crippen LogP contribution in [0.15, 0.2) is 0 Å². The van der Waals surface area contributed by atoms with E-state index in [0.29, 0.717) is 12.8 Å². The van der Waals surface area contributed by atoms with Crippen LogP contribution in [-0.2, 0) is 6.20 Å². The Balaban J connectivity index is 4.24. The van der Waals surface area contributed by atoms with Gasteiger partial charge in [0.05, 0.1) is 0 Å². The first-order valence-electron chi connectivity index (χ1n) is 4.94. The zero-order valence-corrected chi connectivity index (χ0v) is 11.3. The third-order valence-electron chi connectivity index (χ3n) is 1.62. The van der Waals surface area contributed by atoms with Gasteiger partial charge in [0, 0.05) is 0 Å². The molecule has 0 aromatic heterocycles. The molecule has 0 aliphatic rings. The summed E-state index contributed by atoms with van der Waals surface area (Å²) in [6, 6.07) is 0. The molecule has 0 amide bonds. The molecule has 0 aromatic rings. The predicted octanol–water partition coefficient (Wildman–Crippen LogP) is 3.83. The Kier molecular flexibility index (Phi) is 4.88. The van der Waals surface area contributed by atoms with E-state index in [-0.39, 0.29) is 12.8 Å². The van der Waals surface area contributed by atoms with Gasteiger partial charge in [-0.2, -0.15) is 0 Å². The van der Waals surface area contributed by atoms with Crippen LogP contribution < -0.4 is 0 Å². The Morgan fingerprint density at radius 1 is 0.800 bits per heavy atom. The van der Waals surface area contributed by atoms with E-state index in [1.807, 2.05) is 0 Å². The zero-order chi connectivity index (χ0) is 12.1. The first-order chi connectivity index (χ1) is 6.62. The molecule has 0 N–H and O–H groups in total. The molecule has 96 valence electrons. The molecule has 0 rings (SSSR count). The van der Waals surface area contributed by atoms with Crippen LogP contribution in [0.25, 0.3) is 0 Å². The van der Waals surface area contributed by atoms with Crippen LogP contribution in [0.3, 0.4) is 0 Å². The second-order valence-corrected chi connectivity index (χ2v) is 9.88. The summed E-state index contributed by atoms with van der Waals surface area (Å²) >= 11 is -9.53. The van der Waals surface area contributed by atoms with Crippen molar-refractivity contribution in [2.75, 3.05) is 13.2 Å². The van der Waals surface area contributed by atoms with Crippen molar-refractivity contribution in [2.24, 2.45) is 0 Å².